The lowest BCUT2D eigenvalue weighted by Gasteiger charge is -2.09. The van der Waals surface area contributed by atoms with E-state index in [9.17, 15) is 0 Å². The molecule has 4 heteroatoms. The van der Waals surface area contributed by atoms with Crippen LogP contribution in [0.15, 0.2) is 41.0 Å². The lowest BCUT2D eigenvalue weighted by molar-refractivity contribution is 0.300. The molecule has 0 aliphatic carbocycles. The molecule has 2 aromatic rings. The summed E-state index contributed by atoms with van der Waals surface area (Å²) < 4.78 is 5.23. The monoisotopic (exact) mass is 232 g/mol. The van der Waals surface area contributed by atoms with E-state index in [0.717, 1.165) is 17.0 Å². The first-order valence-electron chi connectivity index (χ1n) is 5.55. The maximum absolute atomic E-state index is 8.92. The van der Waals surface area contributed by atoms with Gasteiger partial charge >= 0.3 is 0 Å². The van der Waals surface area contributed by atoms with Gasteiger partial charge in [0.25, 0.3) is 0 Å². The van der Waals surface area contributed by atoms with Crippen molar-refractivity contribution in [3.8, 4) is 0 Å². The van der Waals surface area contributed by atoms with Gasteiger partial charge in [0, 0.05) is 18.0 Å². The minimum Gasteiger partial charge on any atom is -0.467 e. The Morgan fingerprint density at radius 2 is 2.18 bits per heavy atom. The van der Waals surface area contributed by atoms with Crippen LogP contribution in [-0.2, 0) is 13.0 Å². The fraction of sp³-hybridized carbons (Fsp3) is 0.231. The predicted octanol–water partition coefficient (Wildman–Crippen LogP) is 2.01. The number of hydrogen-bond acceptors (Lipinski definition) is 4. The van der Waals surface area contributed by atoms with Crippen molar-refractivity contribution in [3.05, 3.63) is 47.9 Å². The van der Waals surface area contributed by atoms with Crippen LogP contribution in [-0.4, -0.2) is 11.7 Å². The highest BCUT2D eigenvalue weighted by Gasteiger charge is 2.01. The van der Waals surface area contributed by atoms with Crippen LogP contribution in [0.3, 0.4) is 0 Å². The Morgan fingerprint density at radius 3 is 2.88 bits per heavy atom. The summed E-state index contributed by atoms with van der Waals surface area (Å²) in [6, 6.07) is 9.49. The van der Waals surface area contributed by atoms with E-state index in [-0.39, 0.29) is 6.61 Å². The summed E-state index contributed by atoms with van der Waals surface area (Å²) in [7, 11) is 0. The summed E-state index contributed by atoms with van der Waals surface area (Å²) in [6.07, 6.45) is 2.22. The summed E-state index contributed by atoms with van der Waals surface area (Å²) in [5.41, 5.74) is 8.45. The summed E-state index contributed by atoms with van der Waals surface area (Å²) in [6.45, 7) is 0.737. The van der Waals surface area contributed by atoms with Crippen molar-refractivity contribution >= 4 is 11.4 Å². The zero-order valence-electron chi connectivity index (χ0n) is 9.52. The van der Waals surface area contributed by atoms with Crippen molar-refractivity contribution in [2.24, 2.45) is 0 Å². The Labute approximate surface area is 100 Å². The highest BCUT2D eigenvalue weighted by molar-refractivity contribution is 5.57. The van der Waals surface area contributed by atoms with Crippen LogP contribution in [0.5, 0.6) is 0 Å². The third-order valence-electron chi connectivity index (χ3n) is 2.57. The lowest BCUT2D eigenvalue weighted by Crippen LogP contribution is -2.02. The largest absolute Gasteiger partial charge is 0.467 e. The molecular formula is C13H16N2O2. The predicted molar refractivity (Wildman–Crippen MR) is 67.7 cm³/mol. The van der Waals surface area contributed by atoms with Crippen molar-refractivity contribution in [2.45, 2.75) is 13.0 Å². The van der Waals surface area contributed by atoms with Crippen LogP contribution in [0.25, 0.3) is 0 Å². The van der Waals surface area contributed by atoms with Gasteiger partial charge in [0.05, 0.1) is 12.8 Å². The highest BCUT2D eigenvalue weighted by Crippen LogP contribution is 2.19. The summed E-state index contributed by atoms with van der Waals surface area (Å²) in [5, 5.41) is 12.2. The summed E-state index contributed by atoms with van der Waals surface area (Å²) in [4.78, 5) is 0. The minimum atomic E-state index is 0.103. The van der Waals surface area contributed by atoms with Gasteiger partial charge in [0.15, 0.2) is 0 Å². The van der Waals surface area contributed by atoms with E-state index in [1.807, 2.05) is 30.3 Å². The Bertz CT molecular complexity index is 466. The van der Waals surface area contributed by atoms with Crippen LogP contribution in [0.2, 0.25) is 0 Å². The van der Waals surface area contributed by atoms with Crippen molar-refractivity contribution < 1.29 is 9.52 Å². The molecule has 0 spiro atoms. The van der Waals surface area contributed by atoms with E-state index in [2.05, 4.69) is 5.32 Å². The van der Waals surface area contributed by atoms with Gasteiger partial charge < -0.3 is 20.6 Å². The molecule has 0 amide bonds. The van der Waals surface area contributed by atoms with Gasteiger partial charge in [-0.05, 0) is 42.3 Å². The van der Waals surface area contributed by atoms with Gasteiger partial charge in [0.2, 0.25) is 0 Å². The SMILES string of the molecule is Nc1ccc(NCc2ccco2)cc1CCO. The molecule has 4 nitrogen and oxygen atoms in total. The Kier molecular flexibility index (Phi) is 3.67. The average Bonchev–Trinajstić information content (AvgIpc) is 2.83. The molecule has 17 heavy (non-hydrogen) atoms. The molecule has 1 aromatic carbocycles. The maximum atomic E-state index is 8.92. The zero-order chi connectivity index (χ0) is 12.1. The molecule has 0 aliphatic heterocycles. The number of nitrogens with one attached hydrogen (secondary N) is 1. The number of hydrogen-bond donors (Lipinski definition) is 3. The van der Waals surface area contributed by atoms with Crippen LogP contribution in [0.1, 0.15) is 11.3 Å². The van der Waals surface area contributed by atoms with E-state index >= 15 is 0 Å². The Balaban J connectivity index is 2.03. The van der Waals surface area contributed by atoms with E-state index in [0.29, 0.717) is 18.7 Å². The highest BCUT2D eigenvalue weighted by atomic mass is 16.3. The molecular weight excluding hydrogens is 216 g/mol. The molecule has 0 saturated carbocycles. The van der Waals surface area contributed by atoms with E-state index < -0.39 is 0 Å². The number of furan rings is 1. The number of nitrogen functional groups attached to an aromatic ring is 1. The number of aliphatic hydroxyl groups is 1. The second-order valence-electron chi connectivity index (χ2n) is 3.82. The maximum Gasteiger partial charge on any atom is 0.122 e. The minimum absolute atomic E-state index is 0.103. The van der Waals surface area contributed by atoms with Gasteiger partial charge in [-0.15, -0.1) is 0 Å². The second kappa shape index (κ2) is 5.41. The average molecular weight is 232 g/mol. The molecule has 1 heterocycles. The van der Waals surface area contributed by atoms with Crippen LogP contribution < -0.4 is 11.1 Å². The van der Waals surface area contributed by atoms with Crippen LogP contribution in [0, 0.1) is 0 Å². The molecule has 1 aromatic heterocycles. The van der Waals surface area contributed by atoms with Crippen LogP contribution in [0.4, 0.5) is 11.4 Å². The van der Waals surface area contributed by atoms with E-state index in [1.54, 1.807) is 6.26 Å². The third-order valence-corrected chi connectivity index (χ3v) is 2.57. The van der Waals surface area contributed by atoms with Crippen LogP contribution >= 0.6 is 0 Å². The Morgan fingerprint density at radius 1 is 1.29 bits per heavy atom. The quantitative estimate of drug-likeness (QED) is 0.689. The molecule has 0 fully saturated rings. The summed E-state index contributed by atoms with van der Waals surface area (Å²) >= 11 is 0. The van der Waals surface area contributed by atoms with Crippen molar-refractivity contribution in [1.82, 2.24) is 0 Å². The molecule has 0 bridgehead atoms. The van der Waals surface area contributed by atoms with E-state index in [4.69, 9.17) is 15.3 Å². The number of nitrogens with two attached hydrogens (primary N) is 1. The van der Waals surface area contributed by atoms with Crippen molar-refractivity contribution in [1.29, 1.82) is 0 Å². The van der Waals surface area contributed by atoms with Gasteiger partial charge in [-0.25, -0.2) is 0 Å². The van der Waals surface area contributed by atoms with Gasteiger partial charge in [-0.2, -0.15) is 0 Å². The topological polar surface area (TPSA) is 71.4 Å². The number of benzene rings is 1. The zero-order valence-corrected chi connectivity index (χ0v) is 9.52. The molecule has 0 atom stereocenters. The first-order valence-corrected chi connectivity index (χ1v) is 5.55. The molecule has 90 valence electrons. The molecule has 0 aliphatic rings. The van der Waals surface area contributed by atoms with Gasteiger partial charge in [-0.1, -0.05) is 0 Å². The standard InChI is InChI=1S/C13H16N2O2/c14-13-4-3-11(8-10(13)5-6-16)15-9-12-2-1-7-17-12/h1-4,7-8,15-16H,5-6,9,14H2. The number of anilines is 2. The van der Waals surface area contributed by atoms with Gasteiger partial charge in [0.1, 0.15) is 5.76 Å². The molecule has 0 saturated heterocycles. The van der Waals surface area contributed by atoms with Crippen molar-refractivity contribution in [3.63, 3.8) is 0 Å². The molecule has 4 N–H and O–H groups in total. The first-order chi connectivity index (χ1) is 8.29. The number of rotatable bonds is 5. The fourth-order valence-electron chi connectivity index (χ4n) is 1.66. The molecule has 0 unspecified atom stereocenters. The third kappa shape index (κ3) is 3.01. The first kappa shape index (κ1) is 11.5. The van der Waals surface area contributed by atoms with Crippen molar-refractivity contribution in [2.75, 3.05) is 17.7 Å². The number of aliphatic hydroxyl groups excluding tert-OH is 1. The second-order valence-corrected chi connectivity index (χ2v) is 3.82. The molecule has 0 radical (unpaired) electrons. The normalized spacial score (nSPS) is 10.4. The Hall–Kier alpha value is -1.94. The smallest absolute Gasteiger partial charge is 0.122 e. The molecule has 2 rings (SSSR count). The fourth-order valence-corrected chi connectivity index (χ4v) is 1.66. The van der Waals surface area contributed by atoms with Gasteiger partial charge in [-0.3, -0.25) is 0 Å². The summed E-state index contributed by atoms with van der Waals surface area (Å²) in [5.74, 6) is 0.880. The lowest BCUT2D eigenvalue weighted by atomic mass is 10.1. The van der Waals surface area contributed by atoms with E-state index in [1.165, 1.54) is 0 Å².